The summed E-state index contributed by atoms with van der Waals surface area (Å²) in [5, 5.41) is 3.96. The summed E-state index contributed by atoms with van der Waals surface area (Å²) in [6.45, 7) is 2.09. The summed E-state index contributed by atoms with van der Waals surface area (Å²) >= 11 is 12.8. The number of ether oxygens (including phenoxy) is 2. The van der Waals surface area contributed by atoms with Gasteiger partial charge in [0.25, 0.3) is 0 Å². The molecular formula is C25H23Cl2NO4. The summed E-state index contributed by atoms with van der Waals surface area (Å²) in [4.78, 5) is 26.1. The number of hydrogen-bond donors (Lipinski definition) is 1. The van der Waals surface area contributed by atoms with Crippen LogP contribution < -0.4 is 10.1 Å². The van der Waals surface area contributed by atoms with Gasteiger partial charge >= 0.3 is 5.97 Å². The van der Waals surface area contributed by atoms with Crippen LogP contribution in [0.4, 0.5) is 0 Å². The van der Waals surface area contributed by atoms with Crippen LogP contribution >= 0.6 is 23.2 Å². The lowest BCUT2D eigenvalue weighted by molar-refractivity contribution is -0.140. The van der Waals surface area contributed by atoms with Crippen molar-refractivity contribution in [2.45, 2.75) is 32.1 Å². The second kappa shape index (κ2) is 9.80. The second-order valence-corrected chi connectivity index (χ2v) is 8.49. The molecule has 0 amide bonds. The van der Waals surface area contributed by atoms with Crippen molar-refractivity contribution in [3.8, 4) is 5.75 Å². The molecule has 0 fully saturated rings. The van der Waals surface area contributed by atoms with Crippen molar-refractivity contribution in [1.29, 1.82) is 0 Å². The summed E-state index contributed by atoms with van der Waals surface area (Å²) in [5.41, 5.74) is 3.04. The first-order valence-electron chi connectivity index (χ1n) is 10.5. The molecule has 4 rings (SSSR count). The number of rotatable bonds is 6. The van der Waals surface area contributed by atoms with Gasteiger partial charge in [-0.3, -0.25) is 4.79 Å². The molecule has 0 saturated heterocycles. The number of hydrogen-bond acceptors (Lipinski definition) is 5. The van der Waals surface area contributed by atoms with E-state index in [1.807, 2.05) is 37.3 Å². The molecule has 0 spiro atoms. The minimum absolute atomic E-state index is 0.00463. The molecule has 32 heavy (non-hydrogen) atoms. The highest BCUT2D eigenvalue weighted by molar-refractivity contribution is 6.42. The average molecular weight is 472 g/mol. The van der Waals surface area contributed by atoms with Crippen LogP contribution in [0.25, 0.3) is 0 Å². The van der Waals surface area contributed by atoms with Crippen molar-refractivity contribution in [3.05, 3.63) is 86.7 Å². The number of esters is 1. The van der Waals surface area contributed by atoms with Crippen molar-refractivity contribution in [1.82, 2.24) is 5.32 Å². The smallest absolute Gasteiger partial charge is 0.336 e. The van der Waals surface area contributed by atoms with E-state index in [1.54, 1.807) is 18.2 Å². The Kier molecular flexibility index (Phi) is 6.87. The van der Waals surface area contributed by atoms with Gasteiger partial charge in [0.15, 0.2) is 5.78 Å². The zero-order chi connectivity index (χ0) is 22.7. The van der Waals surface area contributed by atoms with E-state index in [4.69, 9.17) is 32.7 Å². The first-order chi connectivity index (χ1) is 15.5. The van der Waals surface area contributed by atoms with Crippen molar-refractivity contribution >= 4 is 35.0 Å². The Labute approximate surface area is 197 Å². The molecule has 2 aromatic rings. The Bertz CT molecular complexity index is 1110. The van der Waals surface area contributed by atoms with Gasteiger partial charge in [-0.15, -0.1) is 0 Å². The molecule has 2 aliphatic rings. The summed E-state index contributed by atoms with van der Waals surface area (Å²) < 4.78 is 11.1. The molecule has 1 N–H and O–H groups in total. The number of Topliss-reactive ketones (excluding diaryl/α,β-unsaturated/α-hetero) is 1. The van der Waals surface area contributed by atoms with Gasteiger partial charge < -0.3 is 14.8 Å². The summed E-state index contributed by atoms with van der Waals surface area (Å²) in [7, 11) is 0. The molecule has 1 aliphatic carbocycles. The molecule has 166 valence electrons. The molecule has 0 saturated carbocycles. The van der Waals surface area contributed by atoms with Gasteiger partial charge in [-0.25, -0.2) is 4.79 Å². The second-order valence-electron chi connectivity index (χ2n) is 7.71. The first-order valence-corrected chi connectivity index (χ1v) is 11.3. The van der Waals surface area contributed by atoms with Crippen molar-refractivity contribution in [3.63, 3.8) is 0 Å². The molecule has 1 atom stereocenters. The Morgan fingerprint density at radius 3 is 2.62 bits per heavy atom. The fraction of sp³-hybridized carbons (Fsp3) is 0.280. The average Bonchev–Trinajstić information content (AvgIpc) is 2.78. The molecule has 1 aliphatic heterocycles. The SMILES string of the molecule is CC1=C(C(=O)OCCOc2ccccc2)[C@@H](c2cccc(Cl)c2Cl)C2=C(CCCC2=O)N1. The van der Waals surface area contributed by atoms with Gasteiger partial charge in [-0.05, 0) is 43.5 Å². The van der Waals surface area contributed by atoms with Crippen molar-refractivity contribution < 1.29 is 19.1 Å². The monoisotopic (exact) mass is 471 g/mol. The lowest BCUT2D eigenvalue weighted by atomic mass is 9.75. The van der Waals surface area contributed by atoms with Gasteiger partial charge in [0.2, 0.25) is 0 Å². The zero-order valence-corrected chi connectivity index (χ0v) is 19.1. The molecule has 1 heterocycles. The number of carbonyl (C=O) groups is 2. The maximum absolute atomic E-state index is 13.2. The van der Waals surface area contributed by atoms with Crippen LogP contribution in [-0.4, -0.2) is 25.0 Å². The van der Waals surface area contributed by atoms with E-state index < -0.39 is 11.9 Å². The molecule has 5 nitrogen and oxygen atoms in total. The molecular weight excluding hydrogens is 449 g/mol. The Balaban J connectivity index is 1.60. The van der Waals surface area contributed by atoms with Crippen LogP contribution in [0, 0.1) is 0 Å². The lowest BCUT2D eigenvalue weighted by Gasteiger charge is -2.34. The van der Waals surface area contributed by atoms with Crippen LogP contribution in [0.15, 0.2) is 71.1 Å². The largest absolute Gasteiger partial charge is 0.490 e. The third-order valence-electron chi connectivity index (χ3n) is 5.62. The summed E-state index contributed by atoms with van der Waals surface area (Å²) in [6, 6.07) is 14.6. The fourth-order valence-electron chi connectivity index (χ4n) is 4.20. The third kappa shape index (κ3) is 4.54. The van der Waals surface area contributed by atoms with Crippen LogP contribution in [-0.2, 0) is 14.3 Å². The van der Waals surface area contributed by atoms with E-state index in [2.05, 4.69) is 5.32 Å². The number of dihydropyridines is 1. The Hall–Kier alpha value is -2.76. The van der Waals surface area contributed by atoms with Crippen molar-refractivity contribution in [2.75, 3.05) is 13.2 Å². The minimum Gasteiger partial charge on any atom is -0.490 e. The maximum Gasteiger partial charge on any atom is 0.336 e. The number of para-hydroxylation sites is 1. The fourth-order valence-corrected chi connectivity index (χ4v) is 4.61. The van der Waals surface area contributed by atoms with Crippen molar-refractivity contribution in [2.24, 2.45) is 0 Å². The number of nitrogens with one attached hydrogen (secondary N) is 1. The molecule has 0 radical (unpaired) electrons. The van der Waals surface area contributed by atoms with Gasteiger partial charge in [0.1, 0.15) is 19.0 Å². The van der Waals surface area contributed by atoms with Crippen LogP contribution in [0.5, 0.6) is 5.75 Å². The quantitative estimate of drug-likeness (QED) is 0.439. The summed E-state index contributed by atoms with van der Waals surface area (Å²) in [6.07, 6.45) is 1.94. The number of allylic oxidation sites excluding steroid dienone is 3. The predicted molar refractivity (Wildman–Crippen MR) is 124 cm³/mol. The van der Waals surface area contributed by atoms with E-state index in [9.17, 15) is 9.59 Å². The number of carbonyl (C=O) groups excluding carboxylic acids is 2. The van der Waals surface area contributed by atoms with E-state index in [1.165, 1.54) is 0 Å². The molecule has 7 heteroatoms. The van der Waals surface area contributed by atoms with Gasteiger partial charge in [0.05, 0.1) is 15.6 Å². The zero-order valence-electron chi connectivity index (χ0n) is 17.6. The highest BCUT2D eigenvalue weighted by Gasteiger charge is 2.40. The topological polar surface area (TPSA) is 64.6 Å². The lowest BCUT2D eigenvalue weighted by Crippen LogP contribution is -2.34. The highest BCUT2D eigenvalue weighted by Crippen LogP contribution is 2.45. The normalized spacial score (nSPS) is 18.2. The molecule has 0 unspecified atom stereocenters. The number of halogens is 2. The Morgan fingerprint density at radius 1 is 1.06 bits per heavy atom. The van der Waals surface area contributed by atoms with Crippen LogP contribution in [0.1, 0.15) is 37.7 Å². The number of ketones is 1. The van der Waals surface area contributed by atoms with E-state index in [0.29, 0.717) is 44.6 Å². The molecule has 0 aromatic heterocycles. The van der Waals surface area contributed by atoms with Gasteiger partial charge in [0, 0.05) is 29.3 Å². The predicted octanol–water partition coefficient (Wildman–Crippen LogP) is 5.58. The van der Waals surface area contributed by atoms with E-state index in [-0.39, 0.29) is 19.0 Å². The van der Waals surface area contributed by atoms with Gasteiger partial charge in [-0.2, -0.15) is 0 Å². The van der Waals surface area contributed by atoms with Crippen LogP contribution in [0.3, 0.4) is 0 Å². The Morgan fingerprint density at radius 2 is 1.84 bits per heavy atom. The standard InChI is InChI=1S/C25H23Cl2NO4/c1-15-21(25(30)32-14-13-31-16-7-3-2-4-8-16)22(17-9-5-10-18(26)24(17)27)23-19(28-15)11-6-12-20(23)29/h2-5,7-10,22,28H,6,11-14H2,1H3/t22-/m1/s1. The molecule has 0 bridgehead atoms. The van der Waals surface area contributed by atoms with Crippen LogP contribution in [0.2, 0.25) is 10.0 Å². The minimum atomic E-state index is -0.632. The van der Waals surface area contributed by atoms with Gasteiger partial charge in [-0.1, -0.05) is 53.5 Å². The first kappa shape index (κ1) is 22.4. The van der Waals surface area contributed by atoms with E-state index >= 15 is 0 Å². The third-order valence-corrected chi connectivity index (χ3v) is 6.45. The van der Waals surface area contributed by atoms with E-state index in [0.717, 1.165) is 18.5 Å². The summed E-state index contributed by atoms with van der Waals surface area (Å²) in [5.74, 6) is -0.445. The maximum atomic E-state index is 13.2. The number of benzene rings is 2. The highest BCUT2D eigenvalue weighted by atomic mass is 35.5. The molecule has 2 aromatic carbocycles.